The smallest absolute Gasteiger partial charge is 0.305 e. The van der Waals surface area contributed by atoms with E-state index in [0.717, 1.165) is 0 Å². The van der Waals surface area contributed by atoms with Gasteiger partial charge in [0.05, 0.1) is 12.4 Å². The van der Waals surface area contributed by atoms with E-state index < -0.39 is 0 Å². The molecular weight excluding hydrogens is 191 g/mol. The minimum absolute atomic E-state index is 0.0507. The molecule has 0 heterocycles. The predicted molar refractivity (Wildman–Crippen MR) is 44.9 cm³/mol. The highest BCUT2D eigenvalue weighted by Crippen LogP contribution is 1.87. The summed E-state index contributed by atoms with van der Waals surface area (Å²) in [4.78, 5) is 10.2. The summed E-state index contributed by atoms with van der Waals surface area (Å²) in [6.45, 7) is 0.0507. The zero-order chi connectivity index (χ0) is 9.11. The molecule has 0 saturated carbocycles. The van der Waals surface area contributed by atoms with E-state index in [9.17, 15) is 4.79 Å². The van der Waals surface area contributed by atoms with E-state index in [1.165, 1.54) is 7.11 Å². The molecule has 0 aromatic heterocycles. The number of aliphatic hydroxyl groups is 1. The highest BCUT2D eigenvalue weighted by molar-refractivity contribution is 6.40. The van der Waals surface area contributed by atoms with E-state index in [4.69, 9.17) is 28.3 Å². The van der Waals surface area contributed by atoms with E-state index in [2.05, 4.69) is 4.74 Å². The lowest BCUT2D eigenvalue weighted by molar-refractivity contribution is -0.140. The third-order valence-electron chi connectivity index (χ3n) is 0.767. The number of methoxy groups -OCH3 is 1. The van der Waals surface area contributed by atoms with Crippen molar-refractivity contribution >= 4 is 29.2 Å². The zero-order valence-corrected chi connectivity index (χ0v) is 7.86. The van der Waals surface area contributed by atoms with Crippen molar-refractivity contribution in [1.29, 1.82) is 0 Å². The number of hydrogen-bond acceptors (Lipinski definition) is 3. The van der Waals surface area contributed by atoms with Crippen LogP contribution in [0.15, 0.2) is 0 Å². The van der Waals surface area contributed by atoms with E-state index in [1.54, 1.807) is 0 Å². The minimum Gasteiger partial charge on any atom is -0.469 e. The van der Waals surface area contributed by atoms with Crippen LogP contribution in [0.4, 0.5) is 0 Å². The Bertz CT molecular complexity index is 87.9. The second kappa shape index (κ2) is 12.7. The van der Waals surface area contributed by atoms with Crippen molar-refractivity contribution < 1.29 is 14.6 Å². The minimum atomic E-state index is -0.265. The second-order valence-electron chi connectivity index (χ2n) is 1.50. The van der Waals surface area contributed by atoms with Crippen LogP contribution in [0.3, 0.4) is 0 Å². The predicted octanol–water partition coefficient (Wildman–Crippen LogP) is 1.35. The van der Waals surface area contributed by atoms with Gasteiger partial charge in [-0.15, -0.1) is 23.2 Å². The molecule has 5 heteroatoms. The first kappa shape index (κ1) is 13.6. The molecule has 11 heavy (non-hydrogen) atoms. The molecule has 0 aromatic rings. The largest absolute Gasteiger partial charge is 0.469 e. The van der Waals surface area contributed by atoms with Gasteiger partial charge in [0.25, 0.3) is 0 Å². The fraction of sp³-hybridized carbons (Fsp3) is 0.833. The lowest BCUT2D eigenvalue weighted by atomic mass is 10.3. The van der Waals surface area contributed by atoms with E-state index >= 15 is 0 Å². The zero-order valence-electron chi connectivity index (χ0n) is 6.35. The molecule has 0 bridgehead atoms. The van der Waals surface area contributed by atoms with Crippen LogP contribution >= 0.6 is 23.2 Å². The van der Waals surface area contributed by atoms with Gasteiger partial charge in [0.15, 0.2) is 0 Å². The SMILES string of the molecule is COC(=O)CCCO.ClCCl. The van der Waals surface area contributed by atoms with Crippen molar-refractivity contribution in [2.75, 3.05) is 19.1 Å². The lowest BCUT2D eigenvalue weighted by Crippen LogP contribution is -2.00. The summed E-state index contributed by atoms with van der Waals surface area (Å²) < 4.78 is 4.30. The molecule has 0 amide bonds. The molecule has 0 radical (unpaired) electrons. The Morgan fingerprint density at radius 1 is 1.55 bits per heavy atom. The third-order valence-corrected chi connectivity index (χ3v) is 0.767. The number of ether oxygens (including phenoxy) is 1. The summed E-state index contributed by atoms with van der Waals surface area (Å²) in [5.74, 6) is -0.265. The average Bonchev–Trinajstić information content (AvgIpc) is 2.02. The topological polar surface area (TPSA) is 46.5 Å². The molecule has 0 unspecified atom stereocenters. The Balaban J connectivity index is 0. The molecule has 0 rings (SSSR count). The summed E-state index contributed by atoms with van der Waals surface area (Å²) >= 11 is 9.53. The maximum Gasteiger partial charge on any atom is 0.305 e. The quantitative estimate of drug-likeness (QED) is 0.556. The van der Waals surface area contributed by atoms with Crippen LogP contribution in [-0.4, -0.2) is 30.1 Å². The van der Waals surface area contributed by atoms with Crippen LogP contribution < -0.4 is 0 Å². The van der Waals surface area contributed by atoms with Crippen molar-refractivity contribution in [2.45, 2.75) is 12.8 Å². The molecule has 3 nitrogen and oxygen atoms in total. The first-order valence-corrected chi connectivity index (χ1v) is 4.09. The van der Waals surface area contributed by atoms with Crippen molar-refractivity contribution in [1.82, 2.24) is 0 Å². The van der Waals surface area contributed by atoms with Crippen LogP contribution in [0, 0.1) is 0 Å². The molecule has 0 aliphatic carbocycles. The molecule has 0 saturated heterocycles. The lowest BCUT2D eigenvalue weighted by Gasteiger charge is -1.93. The molecule has 1 N–H and O–H groups in total. The van der Waals surface area contributed by atoms with Crippen molar-refractivity contribution in [3.05, 3.63) is 0 Å². The van der Waals surface area contributed by atoms with Gasteiger partial charge in [0.2, 0.25) is 0 Å². The van der Waals surface area contributed by atoms with Crippen molar-refractivity contribution in [3.63, 3.8) is 0 Å². The Morgan fingerprint density at radius 3 is 2.27 bits per heavy atom. The van der Waals surface area contributed by atoms with Gasteiger partial charge >= 0.3 is 5.97 Å². The van der Waals surface area contributed by atoms with Crippen LogP contribution in [-0.2, 0) is 9.53 Å². The first-order chi connectivity index (χ1) is 5.22. The van der Waals surface area contributed by atoms with Gasteiger partial charge < -0.3 is 9.84 Å². The Kier molecular flexibility index (Phi) is 15.6. The van der Waals surface area contributed by atoms with E-state index in [0.29, 0.717) is 12.8 Å². The van der Waals surface area contributed by atoms with Crippen molar-refractivity contribution in [3.8, 4) is 0 Å². The normalized spacial score (nSPS) is 8.00. The number of halogens is 2. The van der Waals surface area contributed by atoms with Gasteiger partial charge in [-0.05, 0) is 6.42 Å². The number of aliphatic hydroxyl groups excluding tert-OH is 1. The van der Waals surface area contributed by atoms with E-state index in [-0.39, 0.29) is 17.9 Å². The van der Waals surface area contributed by atoms with E-state index in [1.807, 2.05) is 0 Å². The highest BCUT2D eigenvalue weighted by atomic mass is 35.5. The molecule has 0 atom stereocenters. The number of hydrogen-bond donors (Lipinski definition) is 1. The Morgan fingerprint density at radius 2 is 2.00 bits per heavy atom. The maximum absolute atomic E-state index is 10.2. The molecule has 68 valence electrons. The molecule has 0 aromatic carbocycles. The van der Waals surface area contributed by atoms with Gasteiger partial charge in [-0.2, -0.15) is 0 Å². The van der Waals surface area contributed by atoms with Gasteiger partial charge in [-0.25, -0.2) is 0 Å². The average molecular weight is 203 g/mol. The van der Waals surface area contributed by atoms with Crippen molar-refractivity contribution in [2.24, 2.45) is 0 Å². The summed E-state index contributed by atoms with van der Waals surface area (Å²) in [6, 6.07) is 0. The van der Waals surface area contributed by atoms with Gasteiger partial charge in [-0.1, -0.05) is 0 Å². The van der Waals surface area contributed by atoms with Crippen LogP contribution in [0.1, 0.15) is 12.8 Å². The third kappa shape index (κ3) is 17.8. The summed E-state index contributed by atoms with van der Waals surface area (Å²) in [5, 5.41) is 8.40. The summed E-state index contributed by atoms with van der Waals surface area (Å²) in [5.41, 5.74) is 0. The summed E-state index contributed by atoms with van der Waals surface area (Å²) in [6.07, 6.45) is 0.805. The molecular formula is C6H12Cl2O3. The fourth-order valence-electron chi connectivity index (χ4n) is 0.325. The molecule has 0 fully saturated rings. The molecule has 0 aliphatic heterocycles. The van der Waals surface area contributed by atoms with Crippen LogP contribution in [0.25, 0.3) is 0 Å². The standard InChI is InChI=1S/C5H10O3.CH2Cl2/c1-8-5(7)3-2-4-6;2-1-3/h6H,2-4H2,1H3;1H2. The second-order valence-corrected chi connectivity index (χ2v) is 2.31. The fourth-order valence-corrected chi connectivity index (χ4v) is 0.325. The molecule has 0 aliphatic rings. The number of esters is 1. The number of alkyl halides is 2. The van der Waals surface area contributed by atoms with Gasteiger partial charge in [-0.3, -0.25) is 4.79 Å². The molecule has 0 spiro atoms. The number of rotatable bonds is 3. The van der Waals surface area contributed by atoms with Crippen LogP contribution in [0.2, 0.25) is 0 Å². The van der Waals surface area contributed by atoms with Gasteiger partial charge in [0.1, 0.15) is 0 Å². The van der Waals surface area contributed by atoms with Crippen LogP contribution in [0.5, 0.6) is 0 Å². The number of carbonyl (C=O) groups is 1. The Hall–Kier alpha value is 0.01000. The first-order valence-electron chi connectivity index (χ1n) is 3.02. The highest BCUT2D eigenvalue weighted by Gasteiger charge is 1.95. The summed E-state index contributed by atoms with van der Waals surface area (Å²) in [7, 11) is 1.33. The maximum atomic E-state index is 10.2. The number of carbonyl (C=O) groups excluding carboxylic acids is 1. The Labute approximate surface area is 76.2 Å². The monoisotopic (exact) mass is 202 g/mol. The van der Waals surface area contributed by atoms with Gasteiger partial charge in [0, 0.05) is 13.0 Å².